The minimum atomic E-state index is 0.0704. The van der Waals surface area contributed by atoms with E-state index in [-0.39, 0.29) is 11.9 Å². The number of carbonyl (C=O) groups excluding carboxylic acids is 1. The number of piperazine rings is 1. The van der Waals surface area contributed by atoms with E-state index >= 15 is 0 Å². The molecular formula is C23H27N3O2S. The summed E-state index contributed by atoms with van der Waals surface area (Å²) in [4.78, 5) is 17.4. The van der Waals surface area contributed by atoms with Crippen LogP contribution in [0.5, 0.6) is 5.75 Å². The van der Waals surface area contributed by atoms with Crippen molar-refractivity contribution >= 4 is 17.2 Å². The van der Waals surface area contributed by atoms with Gasteiger partial charge in [0.05, 0.1) is 12.5 Å². The van der Waals surface area contributed by atoms with Crippen molar-refractivity contribution in [3.05, 3.63) is 77.2 Å². The van der Waals surface area contributed by atoms with Crippen LogP contribution >= 0.6 is 11.3 Å². The molecule has 0 unspecified atom stereocenters. The van der Waals surface area contributed by atoms with Crippen LogP contribution in [0.1, 0.15) is 18.0 Å². The Balaban J connectivity index is 1.25. The highest BCUT2D eigenvalue weighted by molar-refractivity contribution is 7.08. The van der Waals surface area contributed by atoms with Gasteiger partial charge in [0, 0.05) is 45.1 Å². The molecule has 1 atom stereocenters. The van der Waals surface area contributed by atoms with Gasteiger partial charge in [0.25, 0.3) is 0 Å². The third kappa shape index (κ3) is 5.28. The molecule has 6 heteroatoms. The lowest BCUT2D eigenvalue weighted by Gasteiger charge is -2.35. The summed E-state index contributed by atoms with van der Waals surface area (Å²) in [5.74, 6) is 1.14. The lowest BCUT2D eigenvalue weighted by Crippen LogP contribution is -2.49. The summed E-state index contributed by atoms with van der Waals surface area (Å²) in [5.41, 5.74) is 1.20. The fourth-order valence-corrected chi connectivity index (χ4v) is 4.45. The molecule has 2 aromatic heterocycles. The molecule has 0 spiro atoms. The van der Waals surface area contributed by atoms with Crippen molar-refractivity contribution in [2.24, 2.45) is 0 Å². The van der Waals surface area contributed by atoms with Gasteiger partial charge in [-0.2, -0.15) is 11.3 Å². The quantitative estimate of drug-likeness (QED) is 0.569. The minimum absolute atomic E-state index is 0.0704. The number of aromatic nitrogens is 1. The fraction of sp³-hybridized carbons (Fsp3) is 0.348. The summed E-state index contributed by atoms with van der Waals surface area (Å²) in [5, 5.41) is 4.22. The molecule has 1 aromatic carbocycles. The molecule has 1 fully saturated rings. The van der Waals surface area contributed by atoms with Gasteiger partial charge < -0.3 is 14.2 Å². The van der Waals surface area contributed by atoms with Gasteiger partial charge in [-0.05, 0) is 46.7 Å². The van der Waals surface area contributed by atoms with Gasteiger partial charge in [-0.15, -0.1) is 0 Å². The number of benzene rings is 1. The smallest absolute Gasteiger partial charge is 0.225 e. The molecular weight excluding hydrogens is 382 g/mol. The Hall–Kier alpha value is -2.57. The number of hydrogen-bond acceptors (Lipinski definition) is 4. The van der Waals surface area contributed by atoms with Crippen molar-refractivity contribution in [3.63, 3.8) is 0 Å². The third-order valence-electron chi connectivity index (χ3n) is 5.43. The predicted molar refractivity (Wildman–Crippen MR) is 116 cm³/mol. The molecule has 0 bridgehead atoms. The number of thiophene rings is 1. The third-order valence-corrected chi connectivity index (χ3v) is 6.13. The van der Waals surface area contributed by atoms with Crippen LogP contribution in [0.4, 0.5) is 0 Å². The van der Waals surface area contributed by atoms with Crippen molar-refractivity contribution in [1.29, 1.82) is 0 Å². The topological polar surface area (TPSA) is 37.7 Å². The maximum absolute atomic E-state index is 13.0. The van der Waals surface area contributed by atoms with Gasteiger partial charge in [0.15, 0.2) is 0 Å². The first-order valence-corrected chi connectivity index (χ1v) is 11.1. The Labute approximate surface area is 176 Å². The van der Waals surface area contributed by atoms with Crippen molar-refractivity contribution in [1.82, 2.24) is 14.4 Å². The Bertz CT molecular complexity index is 823. The number of rotatable bonds is 8. The van der Waals surface area contributed by atoms with E-state index in [1.54, 1.807) is 11.3 Å². The van der Waals surface area contributed by atoms with Crippen molar-refractivity contribution in [2.45, 2.75) is 12.5 Å². The van der Waals surface area contributed by atoms with Gasteiger partial charge in [-0.1, -0.05) is 18.2 Å². The summed E-state index contributed by atoms with van der Waals surface area (Å²) >= 11 is 1.68. The van der Waals surface area contributed by atoms with E-state index in [4.69, 9.17) is 4.74 Å². The first-order valence-electron chi connectivity index (χ1n) is 10.1. The summed E-state index contributed by atoms with van der Waals surface area (Å²) in [7, 11) is 0. The van der Waals surface area contributed by atoms with E-state index < -0.39 is 0 Å². The van der Waals surface area contributed by atoms with Gasteiger partial charge >= 0.3 is 0 Å². The SMILES string of the molecule is O=C(C[C@@H](c1ccsc1)n1cccc1)N1CCN(CCOc2ccccc2)CC1. The zero-order valence-electron chi connectivity index (χ0n) is 16.5. The highest BCUT2D eigenvalue weighted by Gasteiger charge is 2.25. The van der Waals surface area contributed by atoms with Crippen molar-refractivity contribution < 1.29 is 9.53 Å². The van der Waals surface area contributed by atoms with E-state index in [1.807, 2.05) is 59.8 Å². The van der Waals surface area contributed by atoms with Crippen LogP contribution < -0.4 is 4.74 Å². The van der Waals surface area contributed by atoms with Crippen LogP contribution in [0.2, 0.25) is 0 Å². The van der Waals surface area contributed by atoms with Crippen LogP contribution in [-0.4, -0.2) is 59.6 Å². The van der Waals surface area contributed by atoms with Gasteiger partial charge in [0.1, 0.15) is 12.4 Å². The van der Waals surface area contributed by atoms with Crippen LogP contribution in [-0.2, 0) is 4.79 Å². The first kappa shape index (κ1) is 19.7. The number of para-hydroxylation sites is 1. The number of amides is 1. The molecule has 1 aliphatic heterocycles. The van der Waals surface area contributed by atoms with Gasteiger partial charge in [-0.25, -0.2) is 0 Å². The lowest BCUT2D eigenvalue weighted by molar-refractivity contribution is -0.133. The first-order chi connectivity index (χ1) is 14.3. The normalized spacial score (nSPS) is 15.9. The van der Waals surface area contributed by atoms with E-state index in [0.29, 0.717) is 13.0 Å². The minimum Gasteiger partial charge on any atom is -0.492 e. The second-order valence-electron chi connectivity index (χ2n) is 7.29. The molecule has 4 rings (SSSR count). The number of nitrogens with zero attached hydrogens (tertiary/aromatic N) is 3. The highest BCUT2D eigenvalue weighted by atomic mass is 32.1. The average molecular weight is 410 g/mol. The molecule has 0 saturated carbocycles. The fourth-order valence-electron chi connectivity index (χ4n) is 3.74. The molecule has 5 nitrogen and oxygen atoms in total. The van der Waals surface area contributed by atoms with E-state index in [9.17, 15) is 4.79 Å². The average Bonchev–Trinajstić information content (AvgIpc) is 3.48. The second kappa shape index (κ2) is 9.76. The molecule has 1 saturated heterocycles. The molecule has 1 aliphatic rings. The van der Waals surface area contributed by atoms with Crippen molar-refractivity contribution in [3.8, 4) is 5.75 Å². The standard InChI is InChI=1S/C23H27N3O2S/c27-23(18-22(20-8-17-29-19-20)25-9-4-5-10-25)26-13-11-24(12-14-26)15-16-28-21-6-2-1-3-7-21/h1-10,17,19,22H,11-16,18H2/t22-/m0/s1. The maximum Gasteiger partial charge on any atom is 0.225 e. The predicted octanol–water partition coefficient (Wildman–Crippen LogP) is 3.75. The van der Waals surface area contributed by atoms with Crippen molar-refractivity contribution in [2.75, 3.05) is 39.3 Å². The van der Waals surface area contributed by atoms with E-state index in [1.165, 1.54) is 5.56 Å². The number of hydrogen-bond donors (Lipinski definition) is 0. The molecule has 1 amide bonds. The largest absolute Gasteiger partial charge is 0.492 e. The Morgan fingerprint density at radius 2 is 1.76 bits per heavy atom. The Morgan fingerprint density at radius 3 is 2.45 bits per heavy atom. The Morgan fingerprint density at radius 1 is 1.00 bits per heavy atom. The monoisotopic (exact) mass is 409 g/mol. The number of ether oxygens (including phenoxy) is 1. The van der Waals surface area contributed by atoms with E-state index in [0.717, 1.165) is 38.5 Å². The van der Waals surface area contributed by atoms with E-state index in [2.05, 4.69) is 26.3 Å². The molecule has 152 valence electrons. The zero-order chi connectivity index (χ0) is 19.9. The van der Waals surface area contributed by atoms with Gasteiger partial charge in [0.2, 0.25) is 5.91 Å². The second-order valence-corrected chi connectivity index (χ2v) is 8.07. The summed E-state index contributed by atoms with van der Waals surface area (Å²) < 4.78 is 7.93. The lowest BCUT2D eigenvalue weighted by atomic mass is 10.1. The molecule has 3 heterocycles. The van der Waals surface area contributed by atoms with Crippen LogP contribution in [0.15, 0.2) is 71.7 Å². The molecule has 29 heavy (non-hydrogen) atoms. The zero-order valence-corrected chi connectivity index (χ0v) is 17.3. The summed E-state index contributed by atoms with van der Waals surface area (Å²) in [6.45, 7) is 4.93. The number of carbonyl (C=O) groups is 1. The maximum atomic E-state index is 13.0. The highest BCUT2D eigenvalue weighted by Crippen LogP contribution is 2.25. The summed E-state index contributed by atoms with van der Waals surface area (Å²) in [6, 6.07) is 16.1. The molecule has 0 N–H and O–H groups in total. The molecule has 0 aliphatic carbocycles. The molecule has 0 radical (unpaired) electrons. The molecule has 3 aromatic rings. The van der Waals surface area contributed by atoms with Crippen LogP contribution in [0.25, 0.3) is 0 Å². The van der Waals surface area contributed by atoms with Crippen LogP contribution in [0, 0.1) is 0 Å². The van der Waals surface area contributed by atoms with Crippen LogP contribution in [0.3, 0.4) is 0 Å². The van der Waals surface area contributed by atoms with Gasteiger partial charge in [-0.3, -0.25) is 9.69 Å². The Kier molecular flexibility index (Phi) is 6.64. The summed E-state index contributed by atoms with van der Waals surface area (Å²) in [6.07, 6.45) is 4.59.